The minimum absolute atomic E-state index is 0.166. The Balaban J connectivity index is 1.71. The monoisotopic (exact) mass is 368 g/mol. The van der Waals surface area contributed by atoms with E-state index in [4.69, 9.17) is 0 Å². The molecule has 26 heavy (non-hydrogen) atoms. The molecule has 0 fully saturated rings. The number of hydrogen-bond donors (Lipinski definition) is 2. The van der Waals surface area contributed by atoms with Gasteiger partial charge in [-0.3, -0.25) is 4.72 Å². The van der Waals surface area contributed by atoms with Gasteiger partial charge in [0, 0.05) is 5.69 Å². The quantitative estimate of drug-likeness (QED) is 0.689. The van der Waals surface area contributed by atoms with Crippen LogP contribution in [0.25, 0.3) is 0 Å². The van der Waals surface area contributed by atoms with Crippen LogP contribution in [0.4, 0.5) is 17.3 Å². The van der Waals surface area contributed by atoms with E-state index in [-0.39, 0.29) is 10.7 Å². The van der Waals surface area contributed by atoms with Gasteiger partial charge in [0.15, 0.2) is 11.6 Å². The fourth-order valence-corrected chi connectivity index (χ4v) is 3.42. The lowest BCUT2D eigenvalue weighted by Crippen LogP contribution is -2.14. The zero-order chi connectivity index (χ0) is 18.6. The zero-order valence-electron chi connectivity index (χ0n) is 14.6. The maximum absolute atomic E-state index is 12.4. The van der Waals surface area contributed by atoms with E-state index in [1.165, 1.54) is 0 Å². The van der Waals surface area contributed by atoms with Gasteiger partial charge in [-0.05, 0) is 60.9 Å². The standard InChI is InChI=1S/C19H20N4O2S/c1-3-15-7-9-17(10-8-15)26(24,25)23-19-12-11-18(21-22-19)20-16-6-4-5-14(2)13-16/h4-13H,3H2,1-2H3,(H,20,21)(H,22,23). The van der Waals surface area contributed by atoms with Crippen LogP contribution in [0.1, 0.15) is 18.1 Å². The van der Waals surface area contributed by atoms with Gasteiger partial charge >= 0.3 is 0 Å². The fourth-order valence-electron chi connectivity index (χ4n) is 2.42. The highest BCUT2D eigenvalue weighted by Crippen LogP contribution is 2.18. The average Bonchev–Trinajstić information content (AvgIpc) is 2.63. The van der Waals surface area contributed by atoms with Crippen LogP contribution in [0.3, 0.4) is 0 Å². The first kappa shape index (κ1) is 17.9. The van der Waals surface area contributed by atoms with Gasteiger partial charge in [0.2, 0.25) is 0 Å². The summed E-state index contributed by atoms with van der Waals surface area (Å²) in [4.78, 5) is 0.193. The van der Waals surface area contributed by atoms with Gasteiger partial charge < -0.3 is 5.32 Å². The lowest BCUT2D eigenvalue weighted by atomic mass is 10.2. The Morgan fingerprint density at radius 1 is 0.923 bits per heavy atom. The Kier molecular flexibility index (Phi) is 5.18. The predicted molar refractivity (Wildman–Crippen MR) is 103 cm³/mol. The summed E-state index contributed by atoms with van der Waals surface area (Å²) in [6.07, 6.45) is 0.856. The number of benzene rings is 2. The summed E-state index contributed by atoms with van der Waals surface area (Å²) in [6.45, 7) is 4.02. The molecule has 0 atom stereocenters. The van der Waals surface area contributed by atoms with Gasteiger partial charge in [-0.2, -0.15) is 0 Å². The molecule has 0 aliphatic heterocycles. The highest BCUT2D eigenvalue weighted by Gasteiger charge is 2.15. The smallest absolute Gasteiger partial charge is 0.263 e. The number of anilines is 3. The molecule has 1 heterocycles. The second-order valence-corrected chi connectivity index (χ2v) is 7.58. The molecular weight excluding hydrogens is 348 g/mol. The van der Waals surface area contributed by atoms with Crippen LogP contribution in [0.2, 0.25) is 0 Å². The molecule has 6 nitrogen and oxygen atoms in total. The van der Waals surface area contributed by atoms with Gasteiger partial charge in [0.1, 0.15) is 0 Å². The van der Waals surface area contributed by atoms with E-state index < -0.39 is 10.0 Å². The van der Waals surface area contributed by atoms with Crippen molar-refractivity contribution in [2.24, 2.45) is 0 Å². The van der Waals surface area contributed by atoms with Crippen LogP contribution in [0, 0.1) is 6.92 Å². The Morgan fingerprint density at radius 3 is 2.23 bits per heavy atom. The maximum Gasteiger partial charge on any atom is 0.263 e. The summed E-state index contributed by atoms with van der Waals surface area (Å²) < 4.78 is 27.3. The van der Waals surface area contributed by atoms with Crippen molar-refractivity contribution in [1.82, 2.24) is 10.2 Å². The highest BCUT2D eigenvalue weighted by molar-refractivity contribution is 7.92. The average molecular weight is 368 g/mol. The number of aryl methyl sites for hydroxylation is 2. The molecule has 7 heteroatoms. The number of aromatic nitrogens is 2. The third-order valence-electron chi connectivity index (χ3n) is 3.84. The van der Waals surface area contributed by atoms with Crippen LogP contribution in [-0.4, -0.2) is 18.6 Å². The first-order valence-electron chi connectivity index (χ1n) is 8.25. The van der Waals surface area contributed by atoms with Crippen LogP contribution in [0.5, 0.6) is 0 Å². The van der Waals surface area contributed by atoms with E-state index in [2.05, 4.69) is 20.2 Å². The van der Waals surface area contributed by atoms with Crippen molar-refractivity contribution in [3.63, 3.8) is 0 Å². The van der Waals surface area contributed by atoms with Crippen molar-refractivity contribution in [3.8, 4) is 0 Å². The summed E-state index contributed by atoms with van der Waals surface area (Å²) in [5.41, 5.74) is 3.10. The van der Waals surface area contributed by atoms with Gasteiger partial charge in [0.25, 0.3) is 10.0 Å². The van der Waals surface area contributed by atoms with Crippen molar-refractivity contribution in [2.75, 3.05) is 10.0 Å². The topological polar surface area (TPSA) is 84.0 Å². The van der Waals surface area contributed by atoms with Crippen molar-refractivity contribution >= 4 is 27.3 Å². The number of sulfonamides is 1. The second kappa shape index (κ2) is 7.53. The SMILES string of the molecule is CCc1ccc(S(=O)(=O)Nc2ccc(Nc3cccc(C)c3)nn2)cc1. The Morgan fingerprint density at radius 2 is 1.62 bits per heavy atom. The first-order chi connectivity index (χ1) is 12.5. The molecule has 3 rings (SSSR count). The summed E-state index contributed by atoms with van der Waals surface area (Å²) >= 11 is 0. The van der Waals surface area contributed by atoms with Crippen molar-refractivity contribution in [1.29, 1.82) is 0 Å². The molecular formula is C19H20N4O2S. The predicted octanol–water partition coefficient (Wildman–Crippen LogP) is 3.89. The zero-order valence-corrected chi connectivity index (χ0v) is 15.4. The van der Waals surface area contributed by atoms with Crippen molar-refractivity contribution in [3.05, 3.63) is 71.8 Å². The van der Waals surface area contributed by atoms with Crippen molar-refractivity contribution in [2.45, 2.75) is 25.2 Å². The van der Waals surface area contributed by atoms with E-state index in [0.717, 1.165) is 23.2 Å². The molecule has 0 saturated heterocycles. The van der Waals surface area contributed by atoms with Gasteiger partial charge in [-0.25, -0.2) is 8.42 Å². The van der Waals surface area contributed by atoms with Gasteiger partial charge in [0.05, 0.1) is 4.90 Å². The number of hydrogen-bond acceptors (Lipinski definition) is 5. The molecule has 2 N–H and O–H groups in total. The molecule has 0 amide bonds. The fraction of sp³-hybridized carbons (Fsp3) is 0.158. The van der Waals surface area contributed by atoms with E-state index in [0.29, 0.717) is 5.82 Å². The minimum Gasteiger partial charge on any atom is -0.339 e. The lowest BCUT2D eigenvalue weighted by Gasteiger charge is -2.09. The molecule has 2 aromatic carbocycles. The highest BCUT2D eigenvalue weighted by atomic mass is 32.2. The van der Waals surface area contributed by atoms with E-state index >= 15 is 0 Å². The molecule has 0 aliphatic carbocycles. The summed E-state index contributed by atoms with van der Waals surface area (Å²) in [6, 6.07) is 17.9. The maximum atomic E-state index is 12.4. The van der Waals surface area contributed by atoms with Crippen LogP contribution >= 0.6 is 0 Å². The van der Waals surface area contributed by atoms with Crippen LogP contribution < -0.4 is 10.0 Å². The minimum atomic E-state index is -3.69. The summed E-state index contributed by atoms with van der Waals surface area (Å²) in [7, 11) is -3.69. The first-order valence-corrected chi connectivity index (χ1v) is 9.74. The van der Waals surface area contributed by atoms with Crippen LogP contribution in [0.15, 0.2) is 65.6 Å². The number of nitrogens with zero attached hydrogens (tertiary/aromatic N) is 2. The molecule has 0 spiro atoms. The van der Waals surface area contributed by atoms with Crippen molar-refractivity contribution < 1.29 is 8.42 Å². The van der Waals surface area contributed by atoms with Crippen LogP contribution in [-0.2, 0) is 16.4 Å². The molecule has 134 valence electrons. The molecule has 3 aromatic rings. The lowest BCUT2D eigenvalue weighted by molar-refractivity contribution is 0.601. The number of rotatable bonds is 6. The summed E-state index contributed by atoms with van der Waals surface area (Å²) in [5.74, 6) is 0.699. The van der Waals surface area contributed by atoms with Gasteiger partial charge in [-0.15, -0.1) is 10.2 Å². The third kappa shape index (κ3) is 4.37. The van der Waals surface area contributed by atoms with E-state index in [1.54, 1.807) is 36.4 Å². The molecule has 0 aliphatic rings. The van der Waals surface area contributed by atoms with Gasteiger partial charge in [-0.1, -0.05) is 31.2 Å². The van der Waals surface area contributed by atoms with E-state index in [9.17, 15) is 8.42 Å². The summed E-state index contributed by atoms with van der Waals surface area (Å²) in [5, 5.41) is 11.1. The molecule has 0 bridgehead atoms. The normalized spacial score (nSPS) is 11.2. The second-order valence-electron chi connectivity index (χ2n) is 5.90. The third-order valence-corrected chi connectivity index (χ3v) is 5.21. The largest absolute Gasteiger partial charge is 0.339 e. The van der Waals surface area contributed by atoms with E-state index in [1.807, 2.05) is 38.1 Å². The Hall–Kier alpha value is -2.93. The number of nitrogens with one attached hydrogen (secondary N) is 2. The molecule has 0 radical (unpaired) electrons. The molecule has 0 saturated carbocycles. The Labute approximate surface area is 153 Å². The Bertz CT molecular complexity index is 985. The molecule has 1 aromatic heterocycles. The molecule has 0 unspecified atom stereocenters.